The summed E-state index contributed by atoms with van der Waals surface area (Å²) >= 11 is 1.31. The van der Waals surface area contributed by atoms with E-state index in [0.29, 0.717) is 13.0 Å². The zero-order valence-electron chi connectivity index (χ0n) is 13.0. The number of aromatic nitrogens is 2. The molecule has 1 aliphatic rings. The Morgan fingerprint density at radius 1 is 1.35 bits per heavy atom. The van der Waals surface area contributed by atoms with Crippen molar-refractivity contribution in [2.45, 2.75) is 19.9 Å². The number of hydrogen-bond donors (Lipinski definition) is 0. The van der Waals surface area contributed by atoms with Gasteiger partial charge in [0, 0.05) is 50.3 Å². The molecule has 1 aromatic heterocycles. The van der Waals surface area contributed by atoms with Gasteiger partial charge in [0.25, 0.3) is 0 Å². The molecule has 0 bridgehead atoms. The normalized spacial score (nSPS) is 17.7. The van der Waals surface area contributed by atoms with Crippen LogP contribution >= 0.6 is 11.8 Å². The highest BCUT2D eigenvalue weighted by Crippen LogP contribution is 2.27. The average molecular weight is 329 g/mol. The van der Waals surface area contributed by atoms with Crippen molar-refractivity contribution in [3.8, 4) is 0 Å². The lowest BCUT2D eigenvalue weighted by Crippen LogP contribution is -2.24. The van der Waals surface area contributed by atoms with Gasteiger partial charge in [0.05, 0.1) is 6.33 Å². The van der Waals surface area contributed by atoms with E-state index in [4.69, 9.17) is 0 Å². The SMILES string of the molecule is CC(=O)SCC1CC(=O)N(c2ccc(Cn3ccnc3)cc2)C1. The highest BCUT2D eigenvalue weighted by Gasteiger charge is 2.30. The standard InChI is InChI=1S/C17H19N3O2S/c1-13(21)23-11-15-8-17(22)20(10-15)16-4-2-14(3-5-16)9-19-7-6-18-12-19/h2-7,12,15H,8-11H2,1H3. The molecule has 3 rings (SSSR count). The lowest BCUT2D eigenvalue weighted by molar-refractivity contribution is -0.117. The Kier molecular flexibility index (Phi) is 4.81. The Balaban J connectivity index is 1.62. The van der Waals surface area contributed by atoms with Crippen LogP contribution in [0.5, 0.6) is 0 Å². The van der Waals surface area contributed by atoms with E-state index in [1.807, 2.05) is 39.9 Å². The molecule has 120 valence electrons. The van der Waals surface area contributed by atoms with Crippen molar-refractivity contribution in [1.29, 1.82) is 0 Å². The second-order valence-corrected chi connectivity index (χ2v) is 6.98. The third-order valence-electron chi connectivity index (χ3n) is 3.90. The summed E-state index contributed by atoms with van der Waals surface area (Å²) in [5.74, 6) is 1.11. The van der Waals surface area contributed by atoms with Crippen molar-refractivity contribution in [3.63, 3.8) is 0 Å². The van der Waals surface area contributed by atoms with E-state index < -0.39 is 0 Å². The first-order valence-corrected chi connectivity index (χ1v) is 8.59. The molecule has 23 heavy (non-hydrogen) atoms. The van der Waals surface area contributed by atoms with Crippen LogP contribution < -0.4 is 4.90 Å². The van der Waals surface area contributed by atoms with Gasteiger partial charge in [-0.2, -0.15) is 0 Å². The summed E-state index contributed by atoms with van der Waals surface area (Å²) in [6, 6.07) is 8.07. The molecule has 0 radical (unpaired) electrons. The highest BCUT2D eigenvalue weighted by atomic mass is 32.2. The molecule has 1 aromatic carbocycles. The number of imidazole rings is 1. The molecule has 1 fully saturated rings. The lowest BCUT2D eigenvalue weighted by Gasteiger charge is -2.17. The van der Waals surface area contributed by atoms with Gasteiger partial charge in [0.1, 0.15) is 0 Å². The molecule has 0 saturated carbocycles. The fourth-order valence-electron chi connectivity index (χ4n) is 2.75. The van der Waals surface area contributed by atoms with Gasteiger partial charge in [0.15, 0.2) is 5.12 Å². The van der Waals surface area contributed by atoms with Crippen LogP contribution in [-0.2, 0) is 16.1 Å². The van der Waals surface area contributed by atoms with Gasteiger partial charge in [-0.05, 0) is 23.6 Å². The smallest absolute Gasteiger partial charge is 0.227 e. The fraction of sp³-hybridized carbons (Fsp3) is 0.353. The molecule has 5 nitrogen and oxygen atoms in total. The molecule has 2 aromatic rings. The predicted molar refractivity (Wildman–Crippen MR) is 91.4 cm³/mol. The third kappa shape index (κ3) is 4.01. The molecule has 1 atom stereocenters. The molecule has 1 amide bonds. The minimum absolute atomic E-state index is 0.111. The number of amides is 1. The number of benzene rings is 1. The Bertz CT molecular complexity index is 682. The molecule has 2 heterocycles. The second kappa shape index (κ2) is 7.00. The third-order valence-corrected chi connectivity index (χ3v) is 4.94. The quantitative estimate of drug-likeness (QED) is 0.846. The maximum absolute atomic E-state index is 12.2. The molecule has 6 heteroatoms. The molecule has 0 aliphatic carbocycles. The number of hydrogen-bond acceptors (Lipinski definition) is 4. The maximum atomic E-state index is 12.2. The molecular formula is C17H19N3O2S. The predicted octanol–water partition coefficient (Wildman–Crippen LogP) is 2.56. The summed E-state index contributed by atoms with van der Waals surface area (Å²) < 4.78 is 2.00. The fourth-order valence-corrected chi connectivity index (χ4v) is 3.44. The van der Waals surface area contributed by atoms with Crippen LogP contribution in [0.15, 0.2) is 43.0 Å². The van der Waals surface area contributed by atoms with Crippen LogP contribution in [-0.4, -0.2) is 32.9 Å². The van der Waals surface area contributed by atoms with Crippen molar-refractivity contribution in [3.05, 3.63) is 48.5 Å². The van der Waals surface area contributed by atoms with Crippen molar-refractivity contribution >= 4 is 28.5 Å². The minimum atomic E-state index is 0.111. The van der Waals surface area contributed by atoms with Gasteiger partial charge in [0.2, 0.25) is 5.91 Å². The van der Waals surface area contributed by atoms with Crippen molar-refractivity contribution < 1.29 is 9.59 Å². The summed E-state index contributed by atoms with van der Waals surface area (Å²) in [4.78, 5) is 29.1. The number of thioether (sulfide) groups is 1. The van der Waals surface area contributed by atoms with Gasteiger partial charge in [-0.3, -0.25) is 9.59 Å². The minimum Gasteiger partial charge on any atom is -0.333 e. The Labute approximate surface area is 139 Å². The van der Waals surface area contributed by atoms with E-state index in [9.17, 15) is 9.59 Å². The summed E-state index contributed by atoms with van der Waals surface area (Å²) in [7, 11) is 0. The van der Waals surface area contributed by atoms with Crippen LogP contribution in [0.1, 0.15) is 18.9 Å². The van der Waals surface area contributed by atoms with Gasteiger partial charge < -0.3 is 9.47 Å². The zero-order valence-corrected chi connectivity index (χ0v) is 13.8. The number of rotatable bonds is 5. The van der Waals surface area contributed by atoms with E-state index in [1.165, 1.54) is 17.3 Å². The van der Waals surface area contributed by atoms with Gasteiger partial charge in [-0.1, -0.05) is 23.9 Å². The summed E-state index contributed by atoms with van der Waals surface area (Å²) in [5, 5.41) is 0.111. The molecule has 1 aliphatic heterocycles. The topological polar surface area (TPSA) is 55.2 Å². The van der Waals surface area contributed by atoms with E-state index in [-0.39, 0.29) is 16.9 Å². The van der Waals surface area contributed by atoms with Crippen LogP contribution in [0, 0.1) is 5.92 Å². The average Bonchev–Trinajstić information content (AvgIpc) is 3.16. The van der Waals surface area contributed by atoms with Crippen molar-refractivity contribution in [2.24, 2.45) is 5.92 Å². The molecule has 1 saturated heterocycles. The Hall–Kier alpha value is -2.08. The van der Waals surface area contributed by atoms with Crippen LogP contribution in [0.2, 0.25) is 0 Å². The summed E-state index contributed by atoms with van der Waals surface area (Å²) in [6.07, 6.45) is 6.00. The van der Waals surface area contributed by atoms with E-state index in [1.54, 1.807) is 19.4 Å². The van der Waals surface area contributed by atoms with Gasteiger partial charge in [-0.25, -0.2) is 4.98 Å². The molecule has 0 spiro atoms. The number of carbonyl (C=O) groups excluding carboxylic acids is 2. The number of nitrogens with zero attached hydrogens (tertiary/aromatic N) is 3. The Morgan fingerprint density at radius 2 is 2.13 bits per heavy atom. The molecule has 1 unspecified atom stereocenters. The zero-order chi connectivity index (χ0) is 16.2. The first kappa shape index (κ1) is 15.8. The summed E-state index contributed by atoms with van der Waals surface area (Å²) in [5.41, 5.74) is 2.10. The molecule has 0 N–H and O–H groups in total. The maximum Gasteiger partial charge on any atom is 0.227 e. The highest BCUT2D eigenvalue weighted by molar-refractivity contribution is 8.13. The number of anilines is 1. The van der Waals surface area contributed by atoms with Gasteiger partial charge in [-0.15, -0.1) is 0 Å². The van der Waals surface area contributed by atoms with Crippen molar-refractivity contribution in [1.82, 2.24) is 9.55 Å². The van der Waals surface area contributed by atoms with E-state index >= 15 is 0 Å². The first-order chi connectivity index (χ1) is 11.1. The van der Waals surface area contributed by atoms with Crippen LogP contribution in [0.3, 0.4) is 0 Å². The second-order valence-electron chi connectivity index (χ2n) is 5.78. The Morgan fingerprint density at radius 3 is 2.78 bits per heavy atom. The van der Waals surface area contributed by atoms with E-state index in [0.717, 1.165) is 18.0 Å². The van der Waals surface area contributed by atoms with Crippen LogP contribution in [0.25, 0.3) is 0 Å². The monoisotopic (exact) mass is 329 g/mol. The van der Waals surface area contributed by atoms with Crippen LogP contribution in [0.4, 0.5) is 5.69 Å². The number of carbonyl (C=O) groups is 2. The lowest BCUT2D eigenvalue weighted by atomic mass is 10.1. The first-order valence-electron chi connectivity index (χ1n) is 7.60. The summed E-state index contributed by atoms with van der Waals surface area (Å²) in [6.45, 7) is 3.03. The largest absolute Gasteiger partial charge is 0.333 e. The van der Waals surface area contributed by atoms with Gasteiger partial charge >= 0.3 is 0 Å². The van der Waals surface area contributed by atoms with E-state index in [2.05, 4.69) is 4.98 Å². The van der Waals surface area contributed by atoms with Crippen molar-refractivity contribution in [2.75, 3.05) is 17.2 Å². The molecular weight excluding hydrogens is 310 g/mol.